The molecule has 41 heavy (non-hydrogen) atoms. The topological polar surface area (TPSA) is 4.93 Å². The molecule has 7 aromatic rings. The van der Waals surface area contributed by atoms with Crippen LogP contribution in [0.5, 0.6) is 0 Å². The highest BCUT2D eigenvalue weighted by atomic mass is 15.0. The number of hydrogen-bond donors (Lipinski definition) is 0. The summed E-state index contributed by atoms with van der Waals surface area (Å²) in [6.45, 7) is 9.54. The fourth-order valence-corrected chi connectivity index (χ4v) is 8.15. The Morgan fingerprint density at radius 2 is 1.15 bits per heavy atom. The normalized spacial score (nSPS) is 15.7. The fourth-order valence-electron chi connectivity index (χ4n) is 8.15. The molecule has 0 spiro atoms. The van der Waals surface area contributed by atoms with Gasteiger partial charge in [-0.1, -0.05) is 113 Å². The predicted octanol–water partition coefficient (Wildman–Crippen LogP) is 10.5. The maximum absolute atomic E-state index is 2.55. The molecule has 1 heterocycles. The third-order valence-corrected chi connectivity index (χ3v) is 10.1. The molecule has 0 fully saturated rings. The Labute approximate surface area is 240 Å². The summed E-state index contributed by atoms with van der Waals surface area (Å²) in [7, 11) is 0. The van der Waals surface area contributed by atoms with Gasteiger partial charge >= 0.3 is 0 Å². The molecule has 0 amide bonds. The van der Waals surface area contributed by atoms with Crippen LogP contribution >= 0.6 is 0 Å². The highest BCUT2D eigenvalue weighted by Gasteiger charge is 2.39. The molecular weight excluding hydrogens is 494 g/mol. The Bertz CT molecular complexity index is 2260. The van der Waals surface area contributed by atoms with Crippen LogP contribution < -0.4 is 0 Å². The Morgan fingerprint density at radius 3 is 2.00 bits per heavy atom. The van der Waals surface area contributed by atoms with Crippen molar-refractivity contribution in [2.75, 3.05) is 0 Å². The first-order valence-corrected chi connectivity index (χ1v) is 14.7. The minimum atomic E-state index is -0.133. The Hall–Kier alpha value is -4.62. The van der Waals surface area contributed by atoms with E-state index in [1.54, 1.807) is 0 Å². The van der Waals surface area contributed by atoms with Crippen LogP contribution in [0.3, 0.4) is 0 Å². The van der Waals surface area contributed by atoms with Crippen LogP contribution in [0.25, 0.3) is 60.5 Å². The van der Waals surface area contributed by atoms with Crippen LogP contribution in [0.2, 0.25) is 0 Å². The Morgan fingerprint density at radius 1 is 0.463 bits per heavy atom. The molecular formula is C40H31N. The monoisotopic (exact) mass is 525 g/mol. The molecule has 2 aliphatic carbocycles. The van der Waals surface area contributed by atoms with Gasteiger partial charge in [-0.3, -0.25) is 0 Å². The number of nitrogens with zero attached hydrogens (tertiary/aromatic N) is 1. The van der Waals surface area contributed by atoms with Crippen molar-refractivity contribution in [1.29, 1.82) is 0 Å². The van der Waals surface area contributed by atoms with Crippen LogP contribution in [0.1, 0.15) is 49.9 Å². The van der Waals surface area contributed by atoms with Crippen molar-refractivity contribution in [3.05, 3.63) is 138 Å². The summed E-state index contributed by atoms with van der Waals surface area (Å²) in [5, 5.41) is 5.24. The second-order valence-electron chi connectivity index (χ2n) is 13.0. The smallest absolute Gasteiger partial charge is 0.0588 e. The number of rotatable bonds is 1. The fraction of sp³-hybridized carbons (Fsp3) is 0.150. The van der Waals surface area contributed by atoms with Gasteiger partial charge in [0.2, 0.25) is 0 Å². The molecule has 0 aliphatic heterocycles. The lowest BCUT2D eigenvalue weighted by Crippen LogP contribution is -2.17. The third kappa shape index (κ3) is 2.81. The molecule has 1 nitrogen and oxygen atoms in total. The molecule has 0 saturated heterocycles. The first-order chi connectivity index (χ1) is 19.9. The van der Waals surface area contributed by atoms with Gasteiger partial charge in [-0.25, -0.2) is 0 Å². The first-order valence-electron chi connectivity index (χ1n) is 14.7. The van der Waals surface area contributed by atoms with E-state index in [-0.39, 0.29) is 10.8 Å². The zero-order valence-corrected chi connectivity index (χ0v) is 23.9. The molecule has 196 valence electrons. The second-order valence-corrected chi connectivity index (χ2v) is 13.0. The number of benzene rings is 6. The summed E-state index contributed by atoms with van der Waals surface area (Å²) in [5.74, 6) is 0. The summed E-state index contributed by atoms with van der Waals surface area (Å²) in [6.07, 6.45) is 0. The minimum Gasteiger partial charge on any atom is -0.309 e. The van der Waals surface area contributed by atoms with E-state index < -0.39 is 0 Å². The van der Waals surface area contributed by atoms with Gasteiger partial charge in [-0.05, 0) is 85.6 Å². The molecule has 1 aromatic heterocycles. The average Bonchev–Trinajstić information content (AvgIpc) is 3.53. The van der Waals surface area contributed by atoms with Crippen LogP contribution in [0.15, 0.2) is 115 Å². The van der Waals surface area contributed by atoms with E-state index in [9.17, 15) is 0 Å². The molecule has 0 unspecified atom stereocenters. The van der Waals surface area contributed by atoms with E-state index in [2.05, 4.69) is 148 Å². The van der Waals surface area contributed by atoms with Gasteiger partial charge in [-0.2, -0.15) is 0 Å². The lowest BCUT2D eigenvalue weighted by atomic mass is 9.81. The maximum Gasteiger partial charge on any atom is 0.0588 e. The Kier molecular flexibility index (Phi) is 4.26. The minimum absolute atomic E-state index is 0.00182. The molecule has 2 aliphatic rings. The predicted molar refractivity (Wildman–Crippen MR) is 173 cm³/mol. The van der Waals surface area contributed by atoms with Gasteiger partial charge in [-0.15, -0.1) is 0 Å². The summed E-state index contributed by atoms with van der Waals surface area (Å²) >= 11 is 0. The largest absolute Gasteiger partial charge is 0.309 e. The van der Waals surface area contributed by atoms with E-state index in [0.717, 1.165) is 0 Å². The third-order valence-electron chi connectivity index (χ3n) is 10.1. The molecule has 9 rings (SSSR count). The van der Waals surface area contributed by atoms with Crippen LogP contribution in [-0.4, -0.2) is 4.57 Å². The van der Waals surface area contributed by atoms with E-state index in [1.165, 1.54) is 82.8 Å². The van der Waals surface area contributed by atoms with Crippen molar-refractivity contribution in [2.24, 2.45) is 0 Å². The van der Waals surface area contributed by atoms with E-state index >= 15 is 0 Å². The van der Waals surface area contributed by atoms with Crippen molar-refractivity contribution in [2.45, 2.75) is 38.5 Å². The van der Waals surface area contributed by atoms with E-state index in [0.29, 0.717) is 0 Å². The SMILES string of the molecule is CC1(C)c2ccccc2-c2cc(-n3c4ccccc4c4ccc5c(c43)C(C)(C)c3cc4ccccc4cc3-5)ccc21. The van der Waals surface area contributed by atoms with Crippen molar-refractivity contribution in [3.8, 4) is 27.9 Å². The number of aromatic nitrogens is 1. The highest BCUT2D eigenvalue weighted by molar-refractivity contribution is 6.13. The zero-order valence-electron chi connectivity index (χ0n) is 23.9. The first kappa shape index (κ1) is 23.1. The van der Waals surface area contributed by atoms with Crippen LogP contribution in [-0.2, 0) is 10.8 Å². The van der Waals surface area contributed by atoms with Gasteiger partial charge in [0.05, 0.1) is 11.0 Å². The summed E-state index contributed by atoms with van der Waals surface area (Å²) in [5.41, 5.74) is 14.8. The summed E-state index contributed by atoms with van der Waals surface area (Å²) in [4.78, 5) is 0. The van der Waals surface area contributed by atoms with Crippen molar-refractivity contribution < 1.29 is 0 Å². The van der Waals surface area contributed by atoms with E-state index in [4.69, 9.17) is 0 Å². The Balaban J connectivity index is 1.39. The number of hydrogen-bond acceptors (Lipinski definition) is 0. The van der Waals surface area contributed by atoms with Crippen LogP contribution in [0.4, 0.5) is 0 Å². The van der Waals surface area contributed by atoms with Gasteiger partial charge in [0.25, 0.3) is 0 Å². The molecule has 0 saturated carbocycles. The quantitative estimate of drug-likeness (QED) is 0.201. The summed E-state index contributed by atoms with van der Waals surface area (Å²) in [6, 6.07) is 43.4. The molecule has 0 radical (unpaired) electrons. The highest BCUT2D eigenvalue weighted by Crippen LogP contribution is 2.54. The van der Waals surface area contributed by atoms with Gasteiger partial charge in [0, 0.05) is 27.3 Å². The van der Waals surface area contributed by atoms with Crippen molar-refractivity contribution >= 4 is 32.6 Å². The molecule has 6 aromatic carbocycles. The molecule has 1 heteroatoms. The second kappa shape index (κ2) is 7.56. The molecule has 0 atom stereocenters. The van der Waals surface area contributed by atoms with Gasteiger partial charge < -0.3 is 4.57 Å². The van der Waals surface area contributed by atoms with Crippen molar-refractivity contribution in [1.82, 2.24) is 4.57 Å². The maximum atomic E-state index is 2.55. The lowest BCUT2D eigenvalue weighted by Gasteiger charge is -2.24. The molecule has 0 N–H and O–H groups in total. The molecule has 0 bridgehead atoms. The summed E-state index contributed by atoms with van der Waals surface area (Å²) < 4.78 is 2.55. The average molecular weight is 526 g/mol. The lowest BCUT2D eigenvalue weighted by molar-refractivity contribution is 0.660. The van der Waals surface area contributed by atoms with Gasteiger partial charge in [0.1, 0.15) is 0 Å². The zero-order chi connectivity index (χ0) is 27.7. The van der Waals surface area contributed by atoms with Crippen LogP contribution in [0, 0.1) is 0 Å². The number of fused-ring (bicyclic) bond motifs is 11. The van der Waals surface area contributed by atoms with Gasteiger partial charge in [0.15, 0.2) is 0 Å². The van der Waals surface area contributed by atoms with Crippen molar-refractivity contribution in [3.63, 3.8) is 0 Å². The number of para-hydroxylation sites is 1. The standard InChI is InChI=1S/C40H31N/c1-39(2)33-15-9-7-13-27(33)32-23-26(17-20-34(32)39)41-36-16-10-8-14-28(36)30-19-18-29-31-21-24-11-5-6-12-25(24)22-35(31)40(3,4)37(29)38(30)41/h5-23H,1-4H3. The van der Waals surface area contributed by atoms with E-state index in [1.807, 2.05) is 0 Å².